The Hall–Kier alpha value is -0.550. The number of nitrogens with one attached hydrogen (secondary N) is 1. The van der Waals surface area contributed by atoms with Gasteiger partial charge in [-0.1, -0.05) is 45.2 Å². The van der Waals surface area contributed by atoms with Gasteiger partial charge in [-0.25, -0.2) is 0 Å². The minimum absolute atomic E-state index is 0.0858. The molecule has 0 aromatic heterocycles. The third-order valence-electron chi connectivity index (χ3n) is 3.05. The first-order valence-electron chi connectivity index (χ1n) is 6.30. The van der Waals surface area contributed by atoms with Gasteiger partial charge < -0.3 is 10.1 Å². The van der Waals surface area contributed by atoms with E-state index in [2.05, 4.69) is 44.1 Å². The predicted octanol–water partition coefficient (Wildman–Crippen LogP) is 4.00. The van der Waals surface area contributed by atoms with Crippen LogP contribution in [0.15, 0.2) is 22.7 Å². The van der Waals surface area contributed by atoms with Gasteiger partial charge in [-0.05, 0) is 30.5 Å². The zero-order chi connectivity index (χ0) is 14.3. The molecule has 1 amide bonds. The second-order valence-corrected chi connectivity index (χ2v) is 6.02. The van der Waals surface area contributed by atoms with E-state index in [-0.39, 0.29) is 5.91 Å². The van der Waals surface area contributed by atoms with Crippen molar-refractivity contribution in [3.05, 3.63) is 28.2 Å². The van der Waals surface area contributed by atoms with E-state index >= 15 is 0 Å². The van der Waals surface area contributed by atoms with Crippen molar-refractivity contribution in [2.75, 3.05) is 19.0 Å². The predicted molar refractivity (Wildman–Crippen MR) is 85.2 cm³/mol. The van der Waals surface area contributed by atoms with E-state index in [1.165, 1.54) is 0 Å². The van der Waals surface area contributed by atoms with Crippen LogP contribution in [0.25, 0.3) is 0 Å². The Morgan fingerprint density at radius 1 is 1.47 bits per heavy atom. The molecule has 0 aliphatic rings. The molecule has 19 heavy (non-hydrogen) atoms. The third kappa shape index (κ3) is 5.15. The van der Waals surface area contributed by atoms with Gasteiger partial charge in [-0.3, -0.25) is 4.79 Å². The second-order valence-electron chi connectivity index (χ2n) is 4.31. The van der Waals surface area contributed by atoms with Crippen molar-refractivity contribution in [3.63, 3.8) is 0 Å². The number of ether oxygens (including phenoxy) is 1. The molecule has 0 saturated heterocycles. The van der Waals surface area contributed by atoms with Crippen LogP contribution in [0.3, 0.4) is 0 Å². The molecule has 1 aromatic carbocycles. The molecule has 1 N–H and O–H groups in total. The van der Waals surface area contributed by atoms with Crippen LogP contribution in [-0.4, -0.2) is 24.9 Å². The van der Waals surface area contributed by atoms with Gasteiger partial charge in [-0.2, -0.15) is 0 Å². The summed E-state index contributed by atoms with van der Waals surface area (Å²) in [5.41, 5.74) is 0.569. The van der Waals surface area contributed by atoms with Crippen molar-refractivity contribution in [2.24, 2.45) is 5.92 Å². The average molecular weight is 393 g/mol. The summed E-state index contributed by atoms with van der Waals surface area (Å²) in [5, 5.41) is 3.94. The quantitative estimate of drug-likeness (QED) is 0.712. The van der Waals surface area contributed by atoms with Crippen molar-refractivity contribution < 1.29 is 9.53 Å². The molecule has 0 fully saturated rings. The summed E-state index contributed by atoms with van der Waals surface area (Å²) >= 11 is 6.80. The Kier molecular flexibility index (Phi) is 7.46. The lowest BCUT2D eigenvalue weighted by molar-refractivity contribution is 0.0943. The first-order valence-corrected chi connectivity index (χ1v) is 8.21. The zero-order valence-corrected chi connectivity index (χ0v) is 14.4. The lowest BCUT2D eigenvalue weighted by atomic mass is 10.0. The Morgan fingerprint density at radius 2 is 2.21 bits per heavy atom. The molecule has 0 spiro atoms. The van der Waals surface area contributed by atoms with Crippen molar-refractivity contribution in [1.29, 1.82) is 0 Å². The van der Waals surface area contributed by atoms with Gasteiger partial charge >= 0.3 is 0 Å². The van der Waals surface area contributed by atoms with E-state index in [9.17, 15) is 4.79 Å². The van der Waals surface area contributed by atoms with Gasteiger partial charge in [-0.15, -0.1) is 0 Å². The summed E-state index contributed by atoms with van der Waals surface area (Å²) in [6, 6.07) is 5.40. The highest BCUT2D eigenvalue weighted by atomic mass is 79.9. The fraction of sp³-hybridized carbons (Fsp3) is 0.500. The molecule has 1 rings (SSSR count). The van der Waals surface area contributed by atoms with Gasteiger partial charge in [0, 0.05) is 16.3 Å². The van der Waals surface area contributed by atoms with E-state index in [0.717, 1.165) is 22.6 Å². The maximum absolute atomic E-state index is 12.1. The lowest BCUT2D eigenvalue weighted by Gasteiger charge is -2.15. The normalized spacial score (nSPS) is 12.0. The molecule has 0 radical (unpaired) electrons. The maximum Gasteiger partial charge on any atom is 0.255 e. The fourth-order valence-corrected chi connectivity index (χ4v) is 2.78. The highest BCUT2D eigenvalue weighted by molar-refractivity contribution is 9.10. The molecule has 0 aliphatic heterocycles. The van der Waals surface area contributed by atoms with Gasteiger partial charge in [0.25, 0.3) is 5.91 Å². The number of rotatable bonds is 7. The summed E-state index contributed by atoms with van der Waals surface area (Å²) in [5.74, 6) is 1.00. The van der Waals surface area contributed by atoms with Gasteiger partial charge in [0.15, 0.2) is 0 Å². The van der Waals surface area contributed by atoms with Crippen LogP contribution in [0, 0.1) is 5.92 Å². The highest BCUT2D eigenvalue weighted by Crippen LogP contribution is 2.23. The largest absolute Gasteiger partial charge is 0.496 e. The molecular formula is C14H19Br2NO2. The van der Waals surface area contributed by atoms with Crippen molar-refractivity contribution in [1.82, 2.24) is 5.32 Å². The Labute approximate surface area is 131 Å². The minimum Gasteiger partial charge on any atom is -0.496 e. The summed E-state index contributed by atoms with van der Waals surface area (Å²) < 4.78 is 6.12. The molecule has 0 saturated carbocycles. The second kappa shape index (κ2) is 8.59. The Bertz CT molecular complexity index is 424. The molecule has 0 bridgehead atoms. The monoisotopic (exact) mass is 391 g/mol. The van der Waals surface area contributed by atoms with Gasteiger partial charge in [0.2, 0.25) is 0 Å². The van der Waals surface area contributed by atoms with E-state index < -0.39 is 0 Å². The number of carbonyl (C=O) groups excluding carboxylic acids is 1. The minimum atomic E-state index is -0.0858. The van der Waals surface area contributed by atoms with Crippen molar-refractivity contribution >= 4 is 37.8 Å². The number of carbonyl (C=O) groups is 1. The smallest absolute Gasteiger partial charge is 0.255 e. The summed E-state index contributed by atoms with van der Waals surface area (Å²) in [6.07, 6.45) is 2.12. The van der Waals surface area contributed by atoms with Crippen molar-refractivity contribution in [3.8, 4) is 5.75 Å². The van der Waals surface area contributed by atoms with Gasteiger partial charge in [0.1, 0.15) is 5.75 Å². The maximum atomic E-state index is 12.1. The molecular weight excluding hydrogens is 374 g/mol. The number of hydrogen-bond acceptors (Lipinski definition) is 2. The Morgan fingerprint density at radius 3 is 2.79 bits per heavy atom. The van der Waals surface area contributed by atoms with E-state index in [1.54, 1.807) is 19.2 Å². The molecule has 1 unspecified atom stereocenters. The standard InChI is InChI=1S/C14H19Br2NO2/c1-3-10(6-7-15)9-17-14(18)12-5-4-11(16)8-13(12)19-2/h4-5,8,10H,3,6-7,9H2,1-2H3,(H,17,18). The lowest BCUT2D eigenvalue weighted by Crippen LogP contribution is -2.29. The first kappa shape index (κ1) is 16.5. The first-order chi connectivity index (χ1) is 9.12. The van der Waals surface area contributed by atoms with Crippen LogP contribution in [-0.2, 0) is 0 Å². The summed E-state index contributed by atoms with van der Waals surface area (Å²) in [6.45, 7) is 2.83. The summed E-state index contributed by atoms with van der Waals surface area (Å²) in [7, 11) is 1.57. The van der Waals surface area contributed by atoms with Crippen molar-refractivity contribution in [2.45, 2.75) is 19.8 Å². The fourth-order valence-electron chi connectivity index (χ4n) is 1.79. The van der Waals surface area contributed by atoms with Crippen LogP contribution in [0.1, 0.15) is 30.1 Å². The number of amides is 1. The molecule has 1 atom stereocenters. The molecule has 5 heteroatoms. The average Bonchev–Trinajstić information content (AvgIpc) is 2.42. The van der Waals surface area contributed by atoms with Crippen LogP contribution in [0.4, 0.5) is 0 Å². The van der Waals surface area contributed by atoms with E-state index in [0.29, 0.717) is 23.8 Å². The van der Waals surface area contributed by atoms with Crippen LogP contribution >= 0.6 is 31.9 Å². The molecule has 106 valence electrons. The van der Waals surface area contributed by atoms with Crippen LogP contribution < -0.4 is 10.1 Å². The molecule has 0 heterocycles. The topological polar surface area (TPSA) is 38.3 Å². The van der Waals surface area contributed by atoms with Gasteiger partial charge in [0.05, 0.1) is 12.7 Å². The molecule has 1 aromatic rings. The van der Waals surface area contributed by atoms with Crippen LogP contribution in [0.2, 0.25) is 0 Å². The summed E-state index contributed by atoms with van der Waals surface area (Å²) in [4.78, 5) is 12.1. The van der Waals surface area contributed by atoms with Crippen LogP contribution in [0.5, 0.6) is 5.75 Å². The zero-order valence-electron chi connectivity index (χ0n) is 11.2. The number of halogens is 2. The highest BCUT2D eigenvalue weighted by Gasteiger charge is 2.14. The SMILES string of the molecule is CCC(CCBr)CNC(=O)c1ccc(Br)cc1OC. The number of benzene rings is 1. The molecule has 3 nitrogen and oxygen atoms in total. The number of methoxy groups -OCH3 is 1. The third-order valence-corrected chi connectivity index (χ3v) is 4.01. The number of alkyl halides is 1. The van der Waals surface area contributed by atoms with E-state index in [1.807, 2.05) is 6.07 Å². The van der Waals surface area contributed by atoms with E-state index in [4.69, 9.17) is 4.74 Å². The Balaban J connectivity index is 2.67. The molecule has 0 aliphatic carbocycles. The number of hydrogen-bond donors (Lipinski definition) is 1.